The summed E-state index contributed by atoms with van der Waals surface area (Å²) in [6.45, 7) is 9.07. The minimum Gasteiger partial charge on any atom is -0.377 e. The molecule has 1 N–H and O–H groups in total. The van der Waals surface area contributed by atoms with E-state index in [1.807, 2.05) is 0 Å². The van der Waals surface area contributed by atoms with Crippen molar-refractivity contribution in [3.8, 4) is 0 Å². The molecule has 4 atom stereocenters. The summed E-state index contributed by atoms with van der Waals surface area (Å²) in [4.78, 5) is 2.46. The van der Waals surface area contributed by atoms with Gasteiger partial charge < -0.3 is 15.0 Å². The summed E-state index contributed by atoms with van der Waals surface area (Å²) in [5.41, 5.74) is 0. The van der Waals surface area contributed by atoms with Crippen LogP contribution in [0.1, 0.15) is 33.1 Å². The van der Waals surface area contributed by atoms with Gasteiger partial charge in [0.25, 0.3) is 0 Å². The Labute approximate surface area is 106 Å². The molecule has 4 unspecified atom stereocenters. The van der Waals surface area contributed by atoms with E-state index < -0.39 is 0 Å². The van der Waals surface area contributed by atoms with Gasteiger partial charge in [-0.3, -0.25) is 0 Å². The number of hydrogen-bond donors (Lipinski definition) is 1. The van der Waals surface area contributed by atoms with Crippen LogP contribution in [0.15, 0.2) is 0 Å². The van der Waals surface area contributed by atoms with Gasteiger partial charge in [-0.25, -0.2) is 0 Å². The Morgan fingerprint density at radius 2 is 2.24 bits per heavy atom. The van der Waals surface area contributed by atoms with Crippen LogP contribution in [0.4, 0.5) is 0 Å². The molecule has 0 radical (unpaired) electrons. The molecule has 2 aliphatic rings. The van der Waals surface area contributed by atoms with E-state index in [-0.39, 0.29) is 0 Å². The van der Waals surface area contributed by atoms with Crippen molar-refractivity contribution in [1.29, 1.82) is 0 Å². The molecule has 2 rings (SSSR count). The largest absolute Gasteiger partial charge is 0.377 e. The standard InChI is InChI=1S/C14H28N2O/c1-11-9-13(11)10-16(3)7-6-15-12(2)14-5-4-8-17-14/h11-15H,4-10H2,1-3H3. The van der Waals surface area contributed by atoms with E-state index in [4.69, 9.17) is 4.74 Å². The summed E-state index contributed by atoms with van der Waals surface area (Å²) in [7, 11) is 2.24. The summed E-state index contributed by atoms with van der Waals surface area (Å²) in [6, 6.07) is 0.505. The molecule has 1 aliphatic carbocycles. The average Bonchev–Trinajstić information content (AvgIpc) is 2.83. The lowest BCUT2D eigenvalue weighted by Gasteiger charge is -2.22. The minimum absolute atomic E-state index is 0.448. The Kier molecular flexibility index (Phi) is 4.83. The van der Waals surface area contributed by atoms with E-state index in [1.165, 1.54) is 25.8 Å². The first kappa shape index (κ1) is 13.3. The molecule has 0 bridgehead atoms. The van der Waals surface area contributed by atoms with Crippen molar-refractivity contribution >= 4 is 0 Å². The summed E-state index contributed by atoms with van der Waals surface area (Å²) >= 11 is 0. The average molecular weight is 240 g/mol. The molecule has 1 heterocycles. The van der Waals surface area contributed by atoms with Gasteiger partial charge in [0.15, 0.2) is 0 Å². The summed E-state index contributed by atoms with van der Waals surface area (Å²) in [6.07, 6.45) is 4.34. The van der Waals surface area contributed by atoms with Crippen LogP contribution in [0.25, 0.3) is 0 Å². The SMILES string of the molecule is CC1CC1CN(C)CCNC(C)C1CCCO1. The van der Waals surface area contributed by atoms with Gasteiger partial charge >= 0.3 is 0 Å². The highest BCUT2D eigenvalue weighted by molar-refractivity contribution is 4.84. The summed E-state index contributed by atoms with van der Waals surface area (Å²) in [5, 5.41) is 3.59. The lowest BCUT2D eigenvalue weighted by Crippen LogP contribution is -2.41. The molecule has 1 saturated carbocycles. The molecule has 2 fully saturated rings. The van der Waals surface area contributed by atoms with Gasteiger partial charge in [-0.05, 0) is 45.1 Å². The summed E-state index contributed by atoms with van der Waals surface area (Å²) < 4.78 is 5.68. The van der Waals surface area contributed by atoms with Crippen LogP contribution < -0.4 is 5.32 Å². The first-order valence-corrected chi connectivity index (χ1v) is 7.20. The van der Waals surface area contributed by atoms with Crippen LogP contribution in [0.5, 0.6) is 0 Å². The van der Waals surface area contributed by atoms with Crippen LogP contribution in [0.2, 0.25) is 0 Å². The third kappa shape index (κ3) is 4.23. The maximum atomic E-state index is 5.68. The number of nitrogens with zero attached hydrogens (tertiary/aromatic N) is 1. The normalized spacial score (nSPS) is 34.2. The number of ether oxygens (including phenoxy) is 1. The van der Waals surface area contributed by atoms with Gasteiger partial charge in [0, 0.05) is 32.3 Å². The molecule has 100 valence electrons. The van der Waals surface area contributed by atoms with E-state index in [9.17, 15) is 0 Å². The predicted octanol–water partition coefficient (Wildman–Crippen LogP) is 1.73. The fourth-order valence-electron chi connectivity index (χ4n) is 2.76. The quantitative estimate of drug-likeness (QED) is 0.733. The fraction of sp³-hybridized carbons (Fsp3) is 1.00. The second-order valence-electron chi connectivity index (χ2n) is 6.03. The number of rotatable bonds is 7. The second-order valence-corrected chi connectivity index (χ2v) is 6.03. The highest BCUT2D eigenvalue weighted by Gasteiger charge is 2.32. The molecule has 1 saturated heterocycles. The zero-order chi connectivity index (χ0) is 12.3. The van der Waals surface area contributed by atoms with Crippen LogP contribution >= 0.6 is 0 Å². The highest BCUT2D eigenvalue weighted by Crippen LogP contribution is 2.37. The number of nitrogens with one attached hydrogen (secondary N) is 1. The van der Waals surface area contributed by atoms with Crippen molar-refractivity contribution in [3.63, 3.8) is 0 Å². The molecule has 0 aromatic carbocycles. The molecular formula is C14H28N2O. The van der Waals surface area contributed by atoms with Crippen molar-refractivity contribution in [2.45, 2.75) is 45.3 Å². The maximum absolute atomic E-state index is 5.68. The van der Waals surface area contributed by atoms with E-state index >= 15 is 0 Å². The van der Waals surface area contributed by atoms with Crippen LogP contribution in [0, 0.1) is 11.8 Å². The van der Waals surface area contributed by atoms with E-state index in [0.29, 0.717) is 12.1 Å². The van der Waals surface area contributed by atoms with Crippen molar-refractivity contribution < 1.29 is 4.74 Å². The monoisotopic (exact) mass is 240 g/mol. The van der Waals surface area contributed by atoms with Gasteiger partial charge in [0.2, 0.25) is 0 Å². The third-order valence-corrected chi connectivity index (χ3v) is 4.30. The van der Waals surface area contributed by atoms with Gasteiger partial charge in [-0.15, -0.1) is 0 Å². The van der Waals surface area contributed by atoms with Gasteiger partial charge in [-0.1, -0.05) is 6.92 Å². The predicted molar refractivity (Wildman–Crippen MR) is 71.2 cm³/mol. The third-order valence-electron chi connectivity index (χ3n) is 4.30. The zero-order valence-electron chi connectivity index (χ0n) is 11.6. The Hall–Kier alpha value is -0.120. The van der Waals surface area contributed by atoms with E-state index in [0.717, 1.165) is 31.5 Å². The molecule has 17 heavy (non-hydrogen) atoms. The molecule has 0 spiro atoms. The van der Waals surface area contributed by atoms with Crippen molar-refractivity contribution in [3.05, 3.63) is 0 Å². The van der Waals surface area contributed by atoms with Crippen LogP contribution in [-0.4, -0.2) is 50.3 Å². The second kappa shape index (κ2) is 6.17. The lowest BCUT2D eigenvalue weighted by atomic mass is 10.1. The first-order chi connectivity index (χ1) is 8.16. The Morgan fingerprint density at radius 3 is 2.82 bits per heavy atom. The Bertz CT molecular complexity index is 228. The molecule has 0 amide bonds. The topological polar surface area (TPSA) is 24.5 Å². The van der Waals surface area contributed by atoms with E-state index in [2.05, 4.69) is 31.1 Å². The molecule has 3 heteroatoms. The fourth-order valence-corrected chi connectivity index (χ4v) is 2.76. The summed E-state index contributed by atoms with van der Waals surface area (Å²) in [5.74, 6) is 1.94. The zero-order valence-corrected chi connectivity index (χ0v) is 11.6. The minimum atomic E-state index is 0.448. The number of hydrogen-bond acceptors (Lipinski definition) is 3. The highest BCUT2D eigenvalue weighted by atomic mass is 16.5. The molecular weight excluding hydrogens is 212 g/mol. The van der Waals surface area contributed by atoms with Crippen LogP contribution in [0.3, 0.4) is 0 Å². The number of likely N-dealkylation sites (N-methyl/N-ethyl adjacent to an activating group) is 1. The van der Waals surface area contributed by atoms with Crippen LogP contribution in [-0.2, 0) is 4.74 Å². The Balaban J connectivity index is 1.52. The van der Waals surface area contributed by atoms with Gasteiger partial charge in [0.05, 0.1) is 6.10 Å². The Morgan fingerprint density at radius 1 is 1.47 bits per heavy atom. The van der Waals surface area contributed by atoms with E-state index in [1.54, 1.807) is 0 Å². The molecule has 0 aromatic heterocycles. The molecule has 3 nitrogen and oxygen atoms in total. The smallest absolute Gasteiger partial charge is 0.0726 e. The van der Waals surface area contributed by atoms with Gasteiger partial charge in [-0.2, -0.15) is 0 Å². The first-order valence-electron chi connectivity index (χ1n) is 7.20. The molecule has 1 aliphatic heterocycles. The van der Waals surface area contributed by atoms with Crippen molar-refractivity contribution in [1.82, 2.24) is 10.2 Å². The lowest BCUT2D eigenvalue weighted by molar-refractivity contribution is 0.0829. The van der Waals surface area contributed by atoms with Crippen molar-refractivity contribution in [2.75, 3.05) is 33.3 Å². The van der Waals surface area contributed by atoms with Gasteiger partial charge in [0.1, 0.15) is 0 Å². The molecule has 0 aromatic rings. The maximum Gasteiger partial charge on any atom is 0.0726 e. The van der Waals surface area contributed by atoms with Crippen molar-refractivity contribution in [2.24, 2.45) is 11.8 Å².